The molecule has 0 atom stereocenters. The van der Waals surface area contributed by atoms with E-state index >= 15 is 0 Å². The van der Waals surface area contributed by atoms with Gasteiger partial charge in [0.15, 0.2) is 5.82 Å². The molecule has 2 heterocycles. The number of hydrogen-bond donors (Lipinski definition) is 1. The van der Waals surface area contributed by atoms with E-state index in [1.807, 2.05) is 24.4 Å². The molecule has 1 amide bonds. The number of nitrogens with one attached hydrogen (secondary N) is 1. The molecule has 0 unspecified atom stereocenters. The molecule has 4 aliphatic rings. The zero-order valence-corrected chi connectivity index (χ0v) is 15.8. The highest BCUT2D eigenvalue weighted by molar-refractivity contribution is 5.76. The van der Waals surface area contributed by atoms with Crippen LogP contribution in [0.25, 0.3) is 11.5 Å². The summed E-state index contributed by atoms with van der Waals surface area (Å²) in [4.78, 5) is 21.5. The first-order chi connectivity index (χ1) is 13.2. The lowest BCUT2D eigenvalue weighted by molar-refractivity contribution is -0.129. The fraction of sp³-hybridized carbons (Fsp3) is 0.591. The van der Waals surface area contributed by atoms with Gasteiger partial charge < -0.3 is 9.88 Å². The van der Waals surface area contributed by atoms with Crippen molar-refractivity contribution in [3.63, 3.8) is 0 Å². The summed E-state index contributed by atoms with van der Waals surface area (Å²) in [6, 6.07) is 5.83. The molecule has 0 saturated heterocycles. The maximum Gasteiger partial charge on any atom is 0.220 e. The SMILES string of the molecule is O=C(CC12CC3CC(CC(C3)C1)C2)NCCn1ccnc1-c1ccccn1. The van der Waals surface area contributed by atoms with Gasteiger partial charge in [-0.1, -0.05) is 6.07 Å². The van der Waals surface area contributed by atoms with Crippen LogP contribution in [0.1, 0.15) is 44.9 Å². The number of nitrogens with zero attached hydrogens (tertiary/aromatic N) is 3. The lowest BCUT2D eigenvalue weighted by Gasteiger charge is -2.56. The molecule has 0 aromatic carbocycles. The van der Waals surface area contributed by atoms with Gasteiger partial charge in [-0.05, 0) is 73.8 Å². The number of hydrogen-bond acceptors (Lipinski definition) is 3. The van der Waals surface area contributed by atoms with Gasteiger partial charge in [0.25, 0.3) is 0 Å². The fourth-order valence-electron chi connectivity index (χ4n) is 6.44. The Balaban J connectivity index is 1.16. The largest absolute Gasteiger partial charge is 0.354 e. The first-order valence-electron chi connectivity index (χ1n) is 10.4. The Morgan fingerprint density at radius 1 is 1.07 bits per heavy atom. The zero-order valence-electron chi connectivity index (χ0n) is 15.8. The van der Waals surface area contributed by atoms with E-state index < -0.39 is 0 Å². The van der Waals surface area contributed by atoms with Crippen LogP contribution in [0.15, 0.2) is 36.8 Å². The lowest BCUT2D eigenvalue weighted by atomic mass is 9.49. The maximum absolute atomic E-state index is 12.7. The minimum Gasteiger partial charge on any atom is -0.354 e. The van der Waals surface area contributed by atoms with Crippen molar-refractivity contribution in [2.45, 2.75) is 51.5 Å². The fourth-order valence-corrected chi connectivity index (χ4v) is 6.44. The van der Waals surface area contributed by atoms with Crippen molar-refractivity contribution in [1.29, 1.82) is 0 Å². The van der Waals surface area contributed by atoms with Gasteiger partial charge in [-0.15, -0.1) is 0 Å². The number of aromatic nitrogens is 3. The Kier molecular flexibility index (Phi) is 4.25. The van der Waals surface area contributed by atoms with Crippen LogP contribution >= 0.6 is 0 Å². The van der Waals surface area contributed by atoms with Crippen molar-refractivity contribution in [3.05, 3.63) is 36.8 Å². The molecule has 0 spiro atoms. The molecule has 4 aliphatic carbocycles. The highest BCUT2D eigenvalue weighted by Crippen LogP contribution is 2.61. The van der Waals surface area contributed by atoms with Gasteiger partial charge >= 0.3 is 0 Å². The van der Waals surface area contributed by atoms with E-state index in [9.17, 15) is 4.79 Å². The van der Waals surface area contributed by atoms with E-state index in [1.165, 1.54) is 38.5 Å². The predicted molar refractivity (Wildman–Crippen MR) is 104 cm³/mol. The highest BCUT2D eigenvalue weighted by Gasteiger charge is 2.51. The molecule has 2 aromatic rings. The third kappa shape index (κ3) is 3.40. The molecule has 6 rings (SSSR count). The Morgan fingerprint density at radius 3 is 2.48 bits per heavy atom. The van der Waals surface area contributed by atoms with Crippen LogP contribution < -0.4 is 5.32 Å². The van der Waals surface area contributed by atoms with Crippen LogP contribution in [0.5, 0.6) is 0 Å². The number of imidazole rings is 1. The summed E-state index contributed by atoms with van der Waals surface area (Å²) in [6.45, 7) is 1.36. The van der Waals surface area contributed by atoms with E-state index in [4.69, 9.17) is 0 Å². The van der Waals surface area contributed by atoms with Gasteiger partial charge in [-0.2, -0.15) is 0 Å². The standard InChI is InChI=1S/C22H28N4O/c27-20(15-22-12-16-9-17(13-22)11-18(10-16)14-22)24-5-7-26-8-6-25-21(26)19-3-1-2-4-23-19/h1-4,6,8,16-18H,5,7,9-15H2,(H,24,27). The van der Waals surface area contributed by atoms with E-state index in [2.05, 4.69) is 19.9 Å². The second-order valence-electron chi connectivity index (χ2n) is 9.10. The average molecular weight is 364 g/mol. The normalized spacial score (nSPS) is 31.2. The van der Waals surface area contributed by atoms with Crippen LogP contribution in [0, 0.1) is 23.2 Å². The summed E-state index contributed by atoms with van der Waals surface area (Å²) < 4.78 is 2.06. The molecule has 4 bridgehead atoms. The van der Waals surface area contributed by atoms with E-state index in [1.54, 1.807) is 12.4 Å². The molecule has 1 N–H and O–H groups in total. The Labute approximate surface area is 160 Å². The van der Waals surface area contributed by atoms with Gasteiger partial charge in [0.1, 0.15) is 5.69 Å². The van der Waals surface area contributed by atoms with Gasteiger partial charge in [0.2, 0.25) is 5.91 Å². The summed E-state index contributed by atoms with van der Waals surface area (Å²) in [6.07, 6.45) is 14.4. The monoisotopic (exact) mass is 364 g/mol. The summed E-state index contributed by atoms with van der Waals surface area (Å²) in [7, 11) is 0. The third-order valence-corrected chi connectivity index (χ3v) is 6.98. The van der Waals surface area contributed by atoms with Gasteiger partial charge in [0.05, 0.1) is 0 Å². The van der Waals surface area contributed by atoms with Crippen LogP contribution in [-0.4, -0.2) is 27.0 Å². The van der Waals surface area contributed by atoms with E-state index in [0.717, 1.165) is 42.2 Å². The highest BCUT2D eigenvalue weighted by atomic mass is 16.1. The van der Waals surface area contributed by atoms with Crippen LogP contribution in [0.3, 0.4) is 0 Å². The van der Waals surface area contributed by atoms with Crippen LogP contribution in [0.4, 0.5) is 0 Å². The summed E-state index contributed by atoms with van der Waals surface area (Å²) in [5.41, 5.74) is 1.18. The first-order valence-corrected chi connectivity index (χ1v) is 10.4. The quantitative estimate of drug-likeness (QED) is 0.851. The molecule has 0 radical (unpaired) electrons. The van der Waals surface area contributed by atoms with Crippen molar-refractivity contribution < 1.29 is 4.79 Å². The Hall–Kier alpha value is -2.17. The molecule has 142 valence electrons. The van der Waals surface area contributed by atoms with Crippen molar-refractivity contribution in [2.75, 3.05) is 6.54 Å². The minimum atomic E-state index is 0.233. The Morgan fingerprint density at radius 2 is 1.81 bits per heavy atom. The molecule has 4 saturated carbocycles. The molecule has 0 aliphatic heterocycles. The average Bonchev–Trinajstić information content (AvgIpc) is 3.09. The minimum absolute atomic E-state index is 0.233. The number of amides is 1. The van der Waals surface area contributed by atoms with Crippen LogP contribution in [0.2, 0.25) is 0 Å². The smallest absolute Gasteiger partial charge is 0.220 e. The predicted octanol–water partition coefficient (Wildman–Crippen LogP) is 3.67. The molecule has 4 fully saturated rings. The number of rotatable bonds is 6. The topological polar surface area (TPSA) is 59.8 Å². The number of pyridine rings is 1. The molecule has 27 heavy (non-hydrogen) atoms. The zero-order chi connectivity index (χ0) is 18.3. The summed E-state index contributed by atoms with van der Waals surface area (Å²) in [5.74, 6) is 3.78. The van der Waals surface area contributed by atoms with E-state index in [-0.39, 0.29) is 5.91 Å². The van der Waals surface area contributed by atoms with Crippen molar-refractivity contribution in [2.24, 2.45) is 23.2 Å². The Bertz CT molecular complexity index is 777. The van der Waals surface area contributed by atoms with Gasteiger partial charge in [0, 0.05) is 38.1 Å². The molecular weight excluding hydrogens is 336 g/mol. The van der Waals surface area contributed by atoms with E-state index in [0.29, 0.717) is 12.0 Å². The van der Waals surface area contributed by atoms with Gasteiger partial charge in [-0.25, -0.2) is 4.98 Å². The van der Waals surface area contributed by atoms with Crippen molar-refractivity contribution >= 4 is 5.91 Å². The van der Waals surface area contributed by atoms with Crippen LogP contribution in [-0.2, 0) is 11.3 Å². The summed E-state index contributed by atoms with van der Waals surface area (Å²) >= 11 is 0. The first kappa shape index (κ1) is 17.0. The lowest BCUT2D eigenvalue weighted by Crippen LogP contribution is -2.48. The summed E-state index contributed by atoms with van der Waals surface area (Å²) in [5, 5.41) is 3.17. The number of carbonyl (C=O) groups excluding carboxylic acids is 1. The second-order valence-corrected chi connectivity index (χ2v) is 9.10. The molecular formula is C22H28N4O. The van der Waals surface area contributed by atoms with Crippen molar-refractivity contribution in [1.82, 2.24) is 19.9 Å². The molecule has 5 heteroatoms. The van der Waals surface area contributed by atoms with Gasteiger partial charge in [-0.3, -0.25) is 9.78 Å². The second kappa shape index (κ2) is 6.77. The number of carbonyl (C=O) groups is 1. The van der Waals surface area contributed by atoms with Crippen molar-refractivity contribution in [3.8, 4) is 11.5 Å². The molecule has 5 nitrogen and oxygen atoms in total. The molecule has 2 aromatic heterocycles. The third-order valence-electron chi connectivity index (χ3n) is 6.98. The maximum atomic E-state index is 12.7.